The van der Waals surface area contributed by atoms with Gasteiger partial charge in [0.1, 0.15) is 6.54 Å². The summed E-state index contributed by atoms with van der Waals surface area (Å²) in [4.78, 5) is 53.1. The van der Waals surface area contributed by atoms with Gasteiger partial charge < -0.3 is 9.80 Å². The van der Waals surface area contributed by atoms with E-state index in [1.165, 1.54) is 11.1 Å². The fourth-order valence-corrected chi connectivity index (χ4v) is 4.44. The second-order valence-corrected chi connectivity index (χ2v) is 9.14. The summed E-state index contributed by atoms with van der Waals surface area (Å²) in [5, 5.41) is 4.64. The number of carbonyl (C=O) groups is 4. The van der Waals surface area contributed by atoms with E-state index in [2.05, 4.69) is 36.3 Å². The number of likely N-dealkylation sites (tertiary alicyclic amines) is 1. The van der Waals surface area contributed by atoms with Crippen LogP contribution in [-0.2, 0) is 25.7 Å². The fraction of sp³-hybridized carbons (Fsp3) is 0.423. The SMILES string of the molecule is Cc1ccc(Cn2nc(C)c(/C=C/C(=O)N3CCN(C(=O)CN4C(=O)CCC4=O)CC3)c2C)cc1. The van der Waals surface area contributed by atoms with E-state index in [-0.39, 0.29) is 43.0 Å². The molecule has 0 N–H and O–H groups in total. The fourth-order valence-electron chi connectivity index (χ4n) is 4.44. The lowest BCUT2D eigenvalue weighted by molar-refractivity contribution is -0.146. The van der Waals surface area contributed by atoms with Crippen LogP contribution in [0.25, 0.3) is 6.08 Å². The molecule has 0 atom stereocenters. The van der Waals surface area contributed by atoms with Gasteiger partial charge in [0.25, 0.3) is 0 Å². The van der Waals surface area contributed by atoms with Crippen LogP contribution in [0.3, 0.4) is 0 Å². The monoisotopic (exact) mass is 477 g/mol. The molecule has 35 heavy (non-hydrogen) atoms. The lowest BCUT2D eigenvalue weighted by Crippen LogP contribution is -2.52. The molecule has 0 bridgehead atoms. The van der Waals surface area contributed by atoms with Crippen molar-refractivity contribution in [2.75, 3.05) is 32.7 Å². The van der Waals surface area contributed by atoms with Gasteiger partial charge in [-0.1, -0.05) is 29.8 Å². The second kappa shape index (κ2) is 10.2. The molecule has 0 spiro atoms. The molecule has 2 aliphatic rings. The summed E-state index contributed by atoms with van der Waals surface area (Å²) >= 11 is 0. The highest BCUT2D eigenvalue weighted by Gasteiger charge is 2.32. The van der Waals surface area contributed by atoms with E-state index in [0.29, 0.717) is 32.7 Å². The van der Waals surface area contributed by atoms with Gasteiger partial charge in [0, 0.05) is 56.4 Å². The average molecular weight is 478 g/mol. The third-order valence-corrected chi connectivity index (χ3v) is 6.68. The molecule has 0 aliphatic carbocycles. The van der Waals surface area contributed by atoms with E-state index < -0.39 is 0 Å². The highest BCUT2D eigenvalue weighted by atomic mass is 16.2. The van der Waals surface area contributed by atoms with Gasteiger partial charge in [-0.2, -0.15) is 5.10 Å². The van der Waals surface area contributed by atoms with Gasteiger partial charge in [-0.05, 0) is 32.4 Å². The zero-order valence-electron chi connectivity index (χ0n) is 20.5. The minimum Gasteiger partial charge on any atom is -0.338 e. The molecule has 4 rings (SSSR count). The van der Waals surface area contributed by atoms with Crippen molar-refractivity contribution in [3.8, 4) is 0 Å². The van der Waals surface area contributed by atoms with E-state index in [4.69, 9.17) is 0 Å². The molecule has 2 saturated heterocycles. The van der Waals surface area contributed by atoms with Crippen LogP contribution >= 0.6 is 0 Å². The number of hydrogen-bond donors (Lipinski definition) is 0. The van der Waals surface area contributed by atoms with Crippen LogP contribution in [0.15, 0.2) is 30.3 Å². The van der Waals surface area contributed by atoms with Gasteiger partial charge in [0.05, 0.1) is 12.2 Å². The van der Waals surface area contributed by atoms with Crippen molar-refractivity contribution in [2.24, 2.45) is 0 Å². The van der Waals surface area contributed by atoms with Crippen molar-refractivity contribution in [3.05, 3.63) is 58.4 Å². The quantitative estimate of drug-likeness (QED) is 0.466. The molecule has 3 heterocycles. The van der Waals surface area contributed by atoms with E-state index >= 15 is 0 Å². The number of piperazine rings is 1. The third-order valence-electron chi connectivity index (χ3n) is 6.68. The maximum absolute atomic E-state index is 12.8. The summed E-state index contributed by atoms with van der Waals surface area (Å²) in [7, 11) is 0. The predicted octanol–water partition coefficient (Wildman–Crippen LogP) is 1.69. The molecular weight excluding hydrogens is 446 g/mol. The molecule has 1 aromatic heterocycles. The number of rotatable bonds is 6. The van der Waals surface area contributed by atoms with Crippen LogP contribution in [0, 0.1) is 20.8 Å². The number of benzene rings is 1. The number of amides is 4. The van der Waals surface area contributed by atoms with Gasteiger partial charge in [0.15, 0.2) is 0 Å². The number of hydrogen-bond acceptors (Lipinski definition) is 5. The van der Waals surface area contributed by atoms with Gasteiger partial charge >= 0.3 is 0 Å². The van der Waals surface area contributed by atoms with Gasteiger partial charge in [-0.15, -0.1) is 0 Å². The molecule has 2 aromatic rings. The molecule has 0 unspecified atom stereocenters. The average Bonchev–Trinajstić information content (AvgIpc) is 3.30. The van der Waals surface area contributed by atoms with E-state index in [1.54, 1.807) is 15.9 Å². The molecule has 184 valence electrons. The first-order chi connectivity index (χ1) is 16.7. The Morgan fingerprint density at radius 2 is 1.51 bits per heavy atom. The number of carbonyl (C=O) groups excluding carboxylic acids is 4. The lowest BCUT2D eigenvalue weighted by atomic mass is 10.1. The maximum atomic E-state index is 12.8. The second-order valence-electron chi connectivity index (χ2n) is 9.14. The number of aromatic nitrogens is 2. The zero-order chi connectivity index (χ0) is 25.1. The molecule has 2 aliphatic heterocycles. The minimum absolute atomic E-state index is 0.118. The minimum atomic E-state index is -0.296. The Bertz CT molecular complexity index is 1160. The Labute approximate surface area is 205 Å². The Balaban J connectivity index is 1.32. The molecule has 1 aromatic carbocycles. The van der Waals surface area contributed by atoms with Crippen LogP contribution in [0.4, 0.5) is 0 Å². The van der Waals surface area contributed by atoms with Crippen molar-refractivity contribution in [1.82, 2.24) is 24.5 Å². The van der Waals surface area contributed by atoms with Crippen molar-refractivity contribution in [3.63, 3.8) is 0 Å². The van der Waals surface area contributed by atoms with Crippen LogP contribution in [0.1, 0.15) is 40.9 Å². The Kier molecular flexibility index (Phi) is 7.14. The third kappa shape index (κ3) is 5.50. The predicted molar refractivity (Wildman–Crippen MR) is 130 cm³/mol. The van der Waals surface area contributed by atoms with E-state index in [9.17, 15) is 19.2 Å². The Hall–Kier alpha value is -3.75. The molecule has 9 nitrogen and oxygen atoms in total. The van der Waals surface area contributed by atoms with Gasteiger partial charge in [-0.3, -0.25) is 28.8 Å². The summed E-state index contributed by atoms with van der Waals surface area (Å²) in [6, 6.07) is 8.35. The van der Waals surface area contributed by atoms with Crippen LogP contribution in [0.2, 0.25) is 0 Å². The summed E-state index contributed by atoms with van der Waals surface area (Å²) < 4.78 is 1.95. The molecule has 0 saturated carbocycles. The smallest absolute Gasteiger partial charge is 0.246 e. The largest absolute Gasteiger partial charge is 0.338 e. The summed E-state index contributed by atoms with van der Waals surface area (Å²) in [5.41, 5.74) is 5.16. The molecule has 4 amide bonds. The Morgan fingerprint density at radius 3 is 2.14 bits per heavy atom. The summed E-state index contributed by atoms with van der Waals surface area (Å²) in [6.07, 6.45) is 3.72. The topological polar surface area (TPSA) is 95.8 Å². The van der Waals surface area contributed by atoms with Crippen molar-refractivity contribution < 1.29 is 19.2 Å². The molecule has 9 heteroatoms. The maximum Gasteiger partial charge on any atom is 0.246 e. The van der Waals surface area contributed by atoms with Crippen molar-refractivity contribution in [1.29, 1.82) is 0 Å². The molecule has 2 fully saturated rings. The normalized spacial score (nSPS) is 16.6. The number of imide groups is 1. The van der Waals surface area contributed by atoms with Crippen LogP contribution < -0.4 is 0 Å². The highest BCUT2D eigenvalue weighted by molar-refractivity contribution is 6.04. The summed E-state index contributed by atoms with van der Waals surface area (Å²) in [5.74, 6) is -0.972. The highest BCUT2D eigenvalue weighted by Crippen LogP contribution is 2.18. The van der Waals surface area contributed by atoms with Crippen molar-refractivity contribution in [2.45, 2.75) is 40.2 Å². The first-order valence-electron chi connectivity index (χ1n) is 11.9. The lowest BCUT2D eigenvalue weighted by Gasteiger charge is -2.34. The van der Waals surface area contributed by atoms with Gasteiger partial charge in [-0.25, -0.2) is 0 Å². The first kappa shape index (κ1) is 24.4. The van der Waals surface area contributed by atoms with Crippen LogP contribution in [0.5, 0.6) is 0 Å². The number of nitrogens with zero attached hydrogens (tertiary/aromatic N) is 5. The zero-order valence-corrected chi connectivity index (χ0v) is 20.5. The molecule has 0 radical (unpaired) electrons. The standard InChI is InChI=1S/C26H31N5O4/c1-18-4-6-21(7-5-18)16-31-20(3)22(19(2)27-31)8-9-23(32)28-12-14-29(15-13-28)26(35)17-30-24(33)10-11-25(30)34/h4-9H,10-17H2,1-3H3/b9-8+. The molecular formula is C26H31N5O4. The van der Waals surface area contributed by atoms with E-state index in [0.717, 1.165) is 21.9 Å². The Morgan fingerprint density at radius 1 is 0.914 bits per heavy atom. The first-order valence-corrected chi connectivity index (χ1v) is 11.9. The summed E-state index contributed by atoms with van der Waals surface area (Å²) in [6.45, 7) is 8.01. The number of aryl methyl sites for hydroxylation is 2. The van der Waals surface area contributed by atoms with Crippen molar-refractivity contribution >= 4 is 29.7 Å². The van der Waals surface area contributed by atoms with Gasteiger partial charge in [0.2, 0.25) is 23.6 Å². The van der Waals surface area contributed by atoms with E-state index in [1.807, 2.05) is 24.6 Å². The van der Waals surface area contributed by atoms with Crippen LogP contribution in [-0.4, -0.2) is 80.8 Å².